The van der Waals surface area contributed by atoms with Crippen molar-refractivity contribution in [3.63, 3.8) is 0 Å². The summed E-state index contributed by atoms with van der Waals surface area (Å²) in [6.45, 7) is 0.756. The molecule has 3 amide bonds. The van der Waals surface area contributed by atoms with Gasteiger partial charge in [-0.1, -0.05) is 5.21 Å². The third-order valence-corrected chi connectivity index (χ3v) is 4.43. The van der Waals surface area contributed by atoms with Crippen LogP contribution in [0.3, 0.4) is 0 Å². The maximum atomic E-state index is 12.2. The summed E-state index contributed by atoms with van der Waals surface area (Å²) >= 11 is 0. The SMILES string of the molecule is COc1ccc(NC(=O)NCCn2nnc3cc(C(=O)N(C)C)ccc32)c(OC)c1. The van der Waals surface area contributed by atoms with E-state index in [1.165, 1.54) is 12.0 Å². The lowest BCUT2D eigenvalue weighted by Gasteiger charge is -2.12. The second-order valence-electron chi connectivity index (χ2n) is 6.66. The Kier molecular flexibility index (Phi) is 6.35. The normalized spacial score (nSPS) is 10.5. The molecule has 2 N–H and O–H groups in total. The molecule has 0 bridgehead atoms. The van der Waals surface area contributed by atoms with Gasteiger partial charge in [0, 0.05) is 32.3 Å². The van der Waals surface area contributed by atoms with Crippen LogP contribution in [0.2, 0.25) is 0 Å². The number of hydrogen-bond donors (Lipinski definition) is 2. The predicted molar refractivity (Wildman–Crippen MR) is 112 cm³/mol. The van der Waals surface area contributed by atoms with E-state index in [1.807, 2.05) is 0 Å². The summed E-state index contributed by atoms with van der Waals surface area (Å²) in [5.41, 5.74) is 2.48. The van der Waals surface area contributed by atoms with E-state index >= 15 is 0 Å². The van der Waals surface area contributed by atoms with Crippen molar-refractivity contribution in [3.05, 3.63) is 42.0 Å². The molecule has 3 aromatic rings. The molecule has 0 radical (unpaired) electrons. The number of amides is 3. The lowest BCUT2D eigenvalue weighted by Crippen LogP contribution is -2.31. The highest BCUT2D eigenvalue weighted by Crippen LogP contribution is 2.28. The van der Waals surface area contributed by atoms with Crippen LogP contribution < -0.4 is 20.1 Å². The Balaban J connectivity index is 1.59. The molecule has 0 saturated heterocycles. The van der Waals surface area contributed by atoms with Crippen LogP contribution in [-0.2, 0) is 6.54 Å². The molecule has 10 heteroatoms. The van der Waals surface area contributed by atoms with Gasteiger partial charge in [0.25, 0.3) is 5.91 Å². The van der Waals surface area contributed by atoms with Crippen LogP contribution in [0.15, 0.2) is 36.4 Å². The molecule has 30 heavy (non-hydrogen) atoms. The summed E-state index contributed by atoms with van der Waals surface area (Å²) in [5.74, 6) is 1.03. The minimum atomic E-state index is -0.373. The van der Waals surface area contributed by atoms with Crippen molar-refractivity contribution < 1.29 is 19.1 Å². The van der Waals surface area contributed by atoms with Gasteiger partial charge >= 0.3 is 6.03 Å². The highest BCUT2D eigenvalue weighted by atomic mass is 16.5. The third kappa shape index (κ3) is 4.59. The fourth-order valence-corrected chi connectivity index (χ4v) is 2.87. The summed E-state index contributed by atoms with van der Waals surface area (Å²) < 4.78 is 12.1. The lowest BCUT2D eigenvalue weighted by molar-refractivity contribution is 0.0827. The molecule has 0 aliphatic rings. The number of nitrogens with one attached hydrogen (secondary N) is 2. The monoisotopic (exact) mass is 412 g/mol. The fraction of sp³-hybridized carbons (Fsp3) is 0.300. The van der Waals surface area contributed by atoms with Crippen molar-refractivity contribution in [2.75, 3.05) is 40.2 Å². The molecule has 0 saturated carbocycles. The number of rotatable bonds is 7. The Labute approximate surface area is 173 Å². The molecule has 0 atom stereocenters. The van der Waals surface area contributed by atoms with E-state index in [2.05, 4.69) is 20.9 Å². The first-order valence-corrected chi connectivity index (χ1v) is 9.24. The average molecular weight is 412 g/mol. The predicted octanol–water partition coefficient (Wildman–Crippen LogP) is 1.97. The minimum Gasteiger partial charge on any atom is -0.497 e. The van der Waals surface area contributed by atoms with Crippen molar-refractivity contribution in [3.8, 4) is 11.5 Å². The second-order valence-corrected chi connectivity index (χ2v) is 6.66. The second kappa shape index (κ2) is 9.12. The number of nitrogens with zero attached hydrogens (tertiary/aromatic N) is 4. The van der Waals surface area contributed by atoms with E-state index in [0.29, 0.717) is 41.4 Å². The van der Waals surface area contributed by atoms with E-state index in [9.17, 15) is 9.59 Å². The number of carbonyl (C=O) groups excluding carboxylic acids is 2. The Morgan fingerprint density at radius 3 is 2.60 bits per heavy atom. The number of aromatic nitrogens is 3. The van der Waals surface area contributed by atoms with E-state index in [1.54, 1.807) is 62.3 Å². The standard InChI is InChI=1S/C20H24N6O4/c1-25(2)19(27)13-5-8-17-16(11-13)23-24-26(17)10-9-21-20(28)22-15-7-6-14(29-3)12-18(15)30-4/h5-8,11-12H,9-10H2,1-4H3,(H2,21,22,28). The number of methoxy groups -OCH3 is 2. The van der Waals surface area contributed by atoms with Crippen LogP contribution in [0.1, 0.15) is 10.4 Å². The molecule has 0 unspecified atom stereocenters. The van der Waals surface area contributed by atoms with Gasteiger partial charge in [-0.3, -0.25) is 4.79 Å². The first kappa shape index (κ1) is 20.9. The quantitative estimate of drug-likeness (QED) is 0.614. The van der Waals surface area contributed by atoms with Crippen molar-refractivity contribution in [2.45, 2.75) is 6.54 Å². The first-order chi connectivity index (χ1) is 14.4. The number of fused-ring (bicyclic) bond motifs is 1. The molecule has 3 rings (SSSR count). The maximum absolute atomic E-state index is 12.2. The van der Waals surface area contributed by atoms with E-state index < -0.39 is 0 Å². The van der Waals surface area contributed by atoms with Crippen molar-refractivity contribution in [1.82, 2.24) is 25.2 Å². The van der Waals surface area contributed by atoms with Crippen molar-refractivity contribution in [1.29, 1.82) is 0 Å². The molecule has 0 spiro atoms. The average Bonchev–Trinajstić information content (AvgIpc) is 3.15. The molecular weight excluding hydrogens is 388 g/mol. The zero-order valence-corrected chi connectivity index (χ0v) is 17.3. The molecule has 10 nitrogen and oxygen atoms in total. The Morgan fingerprint density at radius 1 is 1.10 bits per heavy atom. The van der Waals surface area contributed by atoms with Crippen LogP contribution in [0, 0.1) is 0 Å². The summed E-state index contributed by atoms with van der Waals surface area (Å²) in [6, 6.07) is 9.99. The minimum absolute atomic E-state index is 0.0984. The Hall–Kier alpha value is -3.82. The smallest absolute Gasteiger partial charge is 0.319 e. The zero-order chi connectivity index (χ0) is 21.7. The Bertz CT molecular complexity index is 1060. The van der Waals surface area contributed by atoms with Gasteiger partial charge < -0.3 is 25.0 Å². The summed E-state index contributed by atoms with van der Waals surface area (Å²) in [5, 5.41) is 13.7. The van der Waals surface area contributed by atoms with Gasteiger partial charge in [0.05, 0.1) is 32.0 Å². The van der Waals surface area contributed by atoms with Crippen LogP contribution in [0.5, 0.6) is 11.5 Å². The lowest BCUT2D eigenvalue weighted by atomic mass is 10.2. The number of carbonyl (C=O) groups is 2. The third-order valence-electron chi connectivity index (χ3n) is 4.43. The van der Waals surface area contributed by atoms with Crippen LogP contribution in [0.25, 0.3) is 11.0 Å². The molecule has 0 fully saturated rings. The molecule has 1 aromatic heterocycles. The van der Waals surface area contributed by atoms with E-state index in [-0.39, 0.29) is 11.9 Å². The van der Waals surface area contributed by atoms with Crippen molar-refractivity contribution in [2.24, 2.45) is 0 Å². The number of ether oxygens (including phenoxy) is 2. The van der Waals surface area contributed by atoms with Crippen LogP contribution >= 0.6 is 0 Å². The number of anilines is 1. The molecule has 0 aliphatic carbocycles. The highest BCUT2D eigenvalue weighted by Gasteiger charge is 2.12. The van der Waals surface area contributed by atoms with Gasteiger partial charge in [-0.25, -0.2) is 9.48 Å². The summed E-state index contributed by atoms with van der Waals surface area (Å²) in [7, 11) is 6.47. The van der Waals surface area contributed by atoms with E-state index in [4.69, 9.17) is 9.47 Å². The zero-order valence-electron chi connectivity index (χ0n) is 17.3. The van der Waals surface area contributed by atoms with Crippen LogP contribution in [0.4, 0.5) is 10.5 Å². The number of urea groups is 1. The van der Waals surface area contributed by atoms with Gasteiger partial charge in [0.15, 0.2) is 0 Å². The first-order valence-electron chi connectivity index (χ1n) is 9.24. The molecule has 1 heterocycles. The van der Waals surface area contributed by atoms with Crippen molar-refractivity contribution >= 4 is 28.7 Å². The van der Waals surface area contributed by atoms with Gasteiger partial charge in [0.2, 0.25) is 0 Å². The summed E-state index contributed by atoms with van der Waals surface area (Å²) in [6.07, 6.45) is 0. The Morgan fingerprint density at radius 2 is 1.90 bits per heavy atom. The van der Waals surface area contributed by atoms with Gasteiger partial charge in [-0.05, 0) is 30.3 Å². The molecule has 0 aliphatic heterocycles. The largest absolute Gasteiger partial charge is 0.497 e. The molecule has 2 aromatic carbocycles. The molecule has 158 valence electrons. The van der Waals surface area contributed by atoms with Gasteiger partial charge in [-0.15, -0.1) is 5.10 Å². The number of benzene rings is 2. The molecular formula is C20H24N6O4. The maximum Gasteiger partial charge on any atom is 0.319 e. The summed E-state index contributed by atoms with van der Waals surface area (Å²) in [4.78, 5) is 25.8. The topological polar surface area (TPSA) is 111 Å². The van der Waals surface area contributed by atoms with Gasteiger partial charge in [0.1, 0.15) is 17.0 Å². The highest BCUT2D eigenvalue weighted by molar-refractivity contribution is 5.97. The fourth-order valence-electron chi connectivity index (χ4n) is 2.87. The number of hydrogen-bond acceptors (Lipinski definition) is 6. The van der Waals surface area contributed by atoms with Crippen LogP contribution in [-0.4, -0.2) is 66.7 Å². The van der Waals surface area contributed by atoms with Gasteiger partial charge in [-0.2, -0.15) is 0 Å². The van der Waals surface area contributed by atoms with E-state index in [0.717, 1.165) is 5.52 Å².